The molecule has 4 nitrogen and oxygen atoms in total. The molecule has 2 aromatic heterocycles. The van der Waals surface area contributed by atoms with Gasteiger partial charge in [-0.1, -0.05) is 6.07 Å². The highest BCUT2D eigenvalue weighted by molar-refractivity contribution is 7.13. The van der Waals surface area contributed by atoms with Crippen LogP contribution in [0.25, 0.3) is 10.8 Å². The summed E-state index contributed by atoms with van der Waals surface area (Å²) in [6.07, 6.45) is 7.04. The smallest absolute Gasteiger partial charge is 0.236 e. The predicted molar refractivity (Wildman–Crippen MR) is 84.3 cm³/mol. The Morgan fingerprint density at radius 3 is 2.90 bits per heavy atom. The van der Waals surface area contributed by atoms with Crippen LogP contribution >= 0.6 is 11.3 Å². The summed E-state index contributed by atoms with van der Waals surface area (Å²) in [6.45, 7) is 0.874. The number of fused-ring (bicyclic) bond motifs is 2. The Morgan fingerprint density at radius 2 is 2.19 bits per heavy atom. The minimum absolute atomic E-state index is 0.672. The lowest BCUT2D eigenvalue weighted by Gasteiger charge is -2.35. The van der Waals surface area contributed by atoms with Gasteiger partial charge in [0, 0.05) is 24.7 Å². The lowest BCUT2D eigenvalue weighted by Crippen LogP contribution is -2.46. The summed E-state index contributed by atoms with van der Waals surface area (Å²) in [5.41, 5.74) is 1.03. The van der Waals surface area contributed by atoms with Crippen molar-refractivity contribution < 1.29 is 4.42 Å². The van der Waals surface area contributed by atoms with E-state index in [1.54, 1.807) is 17.6 Å². The van der Waals surface area contributed by atoms with Gasteiger partial charge in [0.15, 0.2) is 0 Å². The van der Waals surface area contributed by atoms with Crippen LogP contribution in [0.2, 0.25) is 0 Å². The van der Waals surface area contributed by atoms with Gasteiger partial charge in [-0.25, -0.2) is 4.98 Å². The first kappa shape index (κ1) is 13.5. The van der Waals surface area contributed by atoms with Crippen molar-refractivity contribution >= 4 is 11.3 Å². The molecule has 0 saturated carbocycles. The summed E-state index contributed by atoms with van der Waals surface area (Å²) in [5.74, 6) is 0.749. The van der Waals surface area contributed by atoms with E-state index >= 15 is 0 Å². The van der Waals surface area contributed by atoms with Crippen LogP contribution < -0.4 is 5.32 Å². The Kier molecular flexibility index (Phi) is 3.57. The van der Waals surface area contributed by atoms with Crippen molar-refractivity contribution in [1.29, 1.82) is 0 Å². The number of rotatable bonds is 4. The van der Waals surface area contributed by atoms with E-state index in [1.165, 1.54) is 25.7 Å². The first-order chi connectivity index (χ1) is 10.3. The van der Waals surface area contributed by atoms with Gasteiger partial charge in [0.25, 0.3) is 0 Å². The molecule has 2 aliphatic heterocycles. The maximum Gasteiger partial charge on any atom is 0.236 e. The summed E-state index contributed by atoms with van der Waals surface area (Å²) in [5, 5.41) is 5.75. The van der Waals surface area contributed by atoms with E-state index < -0.39 is 0 Å². The number of oxazole rings is 1. The van der Waals surface area contributed by atoms with Crippen LogP contribution in [0.1, 0.15) is 31.4 Å². The average Bonchev–Trinajstić information content (AvgIpc) is 3.20. The standard InChI is InChI=1S/C16H21N3OS/c1-19(14-7-11-4-5-12(8-14)17-11)9-13-10-20-16(18-13)15-3-2-6-21-15/h2-3,6,10-12,14,17H,4-5,7-9H2,1H3. The van der Waals surface area contributed by atoms with E-state index in [-0.39, 0.29) is 0 Å². The van der Waals surface area contributed by atoms with Crippen molar-refractivity contribution in [2.75, 3.05) is 7.05 Å². The van der Waals surface area contributed by atoms with Crippen molar-refractivity contribution in [1.82, 2.24) is 15.2 Å². The fraction of sp³-hybridized carbons (Fsp3) is 0.562. The number of nitrogens with one attached hydrogen (secondary N) is 1. The molecule has 2 fully saturated rings. The molecule has 2 aliphatic rings. The molecule has 2 aromatic rings. The number of aromatic nitrogens is 1. The minimum Gasteiger partial charge on any atom is -0.444 e. The normalized spacial score (nSPS) is 28.4. The second-order valence-corrected chi connectivity index (χ2v) is 7.25. The highest BCUT2D eigenvalue weighted by atomic mass is 32.1. The van der Waals surface area contributed by atoms with Crippen molar-refractivity contribution in [3.05, 3.63) is 29.5 Å². The molecule has 5 heteroatoms. The quantitative estimate of drug-likeness (QED) is 0.942. The van der Waals surface area contributed by atoms with Crippen molar-refractivity contribution in [2.24, 2.45) is 0 Å². The molecule has 0 amide bonds. The Morgan fingerprint density at radius 1 is 1.38 bits per heavy atom. The topological polar surface area (TPSA) is 41.3 Å². The van der Waals surface area contributed by atoms with Crippen LogP contribution in [0, 0.1) is 0 Å². The highest BCUT2D eigenvalue weighted by Gasteiger charge is 2.35. The van der Waals surface area contributed by atoms with Gasteiger partial charge in [0.05, 0.1) is 10.6 Å². The van der Waals surface area contributed by atoms with Crippen LogP contribution in [0.4, 0.5) is 0 Å². The second kappa shape index (κ2) is 5.55. The number of nitrogens with zero attached hydrogens (tertiary/aromatic N) is 2. The molecule has 0 spiro atoms. The summed E-state index contributed by atoms with van der Waals surface area (Å²) >= 11 is 1.67. The van der Waals surface area contributed by atoms with Gasteiger partial charge in [-0.15, -0.1) is 11.3 Å². The second-order valence-electron chi connectivity index (χ2n) is 6.30. The Hall–Kier alpha value is -1.17. The van der Waals surface area contributed by atoms with Crippen LogP contribution in [0.5, 0.6) is 0 Å². The van der Waals surface area contributed by atoms with E-state index in [0.29, 0.717) is 6.04 Å². The fourth-order valence-electron chi connectivity index (χ4n) is 3.66. The number of hydrogen-bond acceptors (Lipinski definition) is 5. The molecule has 112 valence electrons. The molecule has 4 heterocycles. The molecule has 4 rings (SSSR count). The number of hydrogen-bond donors (Lipinski definition) is 1. The van der Waals surface area contributed by atoms with Gasteiger partial charge in [-0.05, 0) is 44.2 Å². The molecule has 2 bridgehead atoms. The van der Waals surface area contributed by atoms with E-state index in [1.807, 2.05) is 6.07 Å². The highest BCUT2D eigenvalue weighted by Crippen LogP contribution is 2.30. The summed E-state index contributed by atoms with van der Waals surface area (Å²) in [4.78, 5) is 8.18. The van der Waals surface area contributed by atoms with Gasteiger partial charge >= 0.3 is 0 Å². The molecule has 0 aromatic carbocycles. The third-order valence-electron chi connectivity index (χ3n) is 4.77. The summed E-state index contributed by atoms with van der Waals surface area (Å²) in [7, 11) is 2.22. The Labute approximate surface area is 129 Å². The van der Waals surface area contributed by atoms with Gasteiger partial charge < -0.3 is 9.73 Å². The average molecular weight is 303 g/mol. The Balaban J connectivity index is 1.41. The van der Waals surface area contributed by atoms with E-state index in [4.69, 9.17) is 4.42 Å². The predicted octanol–water partition coefficient (Wildman–Crippen LogP) is 3.12. The third kappa shape index (κ3) is 2.78. The molecule has 0 aliphatic carbocycles. The molecule has 1 N–H and O–H groups in total. The Bertz CT molecular complexity index is 582. The zero-order valence-electron chi connectivity index (χ0n) is 12.3. The lowest BCUT2D eigenvalue weighted by atomic mass is 9.98. The van der Waals surface area contributed by atoms with Crippen LogP contribution in [-0.4, -0.2) is 35.1 Å². The molecule has 21 heavy (non-hydrogen) atoms. The molecule has 0 radical (unpaired) electrons. The SMILES string of the molecule is CN(Cc1coc(-c2cccs2)n1)C1CC2CCC(C1)N2. The molecule has 2 unspecified atom stereocenters. The first-order valence-corrected chi connectivity index (χ1v) is 8.60. The zero-order chi connectivity index (χ0) is 14.2. The number of piperidine rings is 1. The largest absolute Gasteiger partial charge is 0.444 e. The maximum absolute atomic E-state index is 5.61. The van der Waals surface area contributed by atoms with Crippen LogP contribution in [0.3, 0.4) is 0 Å². The molecular formula is C16H21N3OS. The van der Waals surface area contributed by atoms with Crippen molar-refractivity contribution in [3.63, 3.8) is 0 Å². The fourth-order valence-corrected chi connectivity index (χ4v) is 4.32. The van der Waals surface area contributed by atoms with Crippen molar-refractivity contribution in [3.8, 4) is 10.8 Å². The monoisotopic (exact) mass is 303 g/mol. The number of thiophene rings is 1. The van der Waals surface area contributed by atoms with Gasteiger partial charge in [-0.2, -0.15) is 0 Å². The lowest BCUT2D eigenvalue weighted by molar-refractivity contribution is 0.164. The molecular weight excluding hydrogens is 282 g/mol. The van der Waals surface area contributed by atoms with Crippen LogP contribution in [-0.2, 0) is 6.54 Å². The maximum atomic E-state index is 5.61. The van der Waals surface area contributed by atoms with E-state index in [0.717, 1.165) is 35.1 Å². The molecule has 2 saturated heterocycles. The molecule has 2 atom stereocenters. The third-order valence-corrected chi connectivity index (χ3v) is 5.62. The van der Waals surface area contributed by atoms with Crippen molar-refractivity contribution in [2.45, 2.75) is 50.4 Å². The van der Waals surface area contributed by atoms with E-state index in [9.17, 15) is 0 Å². The van der Waals surface area contributed by atoms with Gasteiger partial charge in [0.1, 0.15) is 6.26 Å². The minimum atomic E-state index is 0.672. The van der Waals surface area contributed by atoms with Gasteiger partial charge in [0.2, 0.25) is 5.89 Å². The van der Waals surface area contributed by atoms with Crippen LogP contribution in [0.15, 0.2) is 28.2 Å². The summed E-state index contributed by atoms with van der Waals surface area (Å²) in [6, 6.07) is 6.21. The van der Waals surface area contributed by atoms with E-state index in [2.05, 4.69) is 33.7 Å². The first-order valence-electron chi connectivity index (χ1n) is 7.72. The summed E-state index contributed by atoms with van der Waals surface area (Å²) < 4.78 is 5.61. The van der Waals surface area contributed by atoms with Gasteiger partial charge in [-0.3, -0.25) is 4.90 Å². The zero-order valence-corrected chi connectivity index (χ0v) is 13.1.